The van der Waals surface area contributed by atoms with Crippen molar-refractivity contribution < 1.29 is 17.2 Å². The second-order valence-electron chi connectivity index (χ2n) is 11.7. The van der Waals surface area contributed by atoms with Gasteiger partial charge in [0.15, 0.2) is 0 Å². The zero-order valence-electron chi connectivity index (χ0n) is 21.6. The van der Waals surface area contributed by atoms with E-state index in [-0.39, 0.29) is 23.7 Å². The number of rotatable bonds is 3. The maximum Gasteiger partial charge on any atom is 0.228 e. The molecule has 6 rings (SSSR count). The standard InChI is InChI=1S/C31H41N3O.ClH/c1-22-9-8-14-27-26(22)18-32-20-31(27)21-33-19-28(31)30(35)34-16-15-25(23-10-4-2-5-11-23)17-29(34)24-12-6-3-7-13-24;/h2,4-5,8-11,14,24-25,28-29,32-33H,3,6-7,12-13,15-21H2,1H3;1H/p-1/t25-,28+,29+,31+;/m1./s1. The van der Waals surface area contributed by atoms with E-state index in [2.05, 4.69) is 71.0 Å². The normalized spacial score (nSPS) is 30.6. The Bertz CT molecular complexity index is 1050. The van der Waals surface area contributed by atoms with Crippen molar-refractivity contribution in [3.63, 3.8) is 0 Å². The number of fused-ring (bicyclic) bond motifs is 2. The minimum Gasteiger partial charge on any atom is -1.00 e. The molecule has 0 radical (unpaired) electrons. The van der Waals surface area contributed by atoms with Crippen LogP contribution in [0.25, 0.3) is 0 Å². The van der Waals surface area contributed by atoms with Gasteiger partial charge in [-0.2, -0.15) is 0 Å². The molecule has 2 saturated heterocycles. The predicted molar refractivity (Wildman–Crippen MR) is 141 cm³/mol. The number of amides is 1. The third-order valence-corrected chi connectivity index (χ3v) is 9.84. The number of hydrogen-bond acceptors (Lipinski definition) is 3. The minimum absolute atomic E-state index is 0. The SMILES string of the molecule is Cc1cccc2c1CNC[C@]21CNC[C@H]1C(=O)N1CC[C@@H](c2ccccc2)C[C@H]1C1CCCCC1.[Cl-]. The van der Waals surface area contributed by atoms with Gasteiger partial charge in [0, 0.05) is 44.2 Å². The van der Waals surface area contributed by atoms with Gasteiger partial charge in [-0.15, -0.1) is 0 Å². The van der Waals surface area contributed by atoms with Crippen molar-refractivity contribution in [1.29, 1.82) is 0 Å². The first-order valence-electron chi connectivity index (χ1n) is 14.0. The second kappa shape index (κ2) is 10.8. The van der Waals surface area contributed by atoms with Gasteiger partial charge in [-0.3, -0.25) is 4.79 Å². The number of carbonyl (C=O) groups is 1. The van der Waals surface area contributed by atoms with Crippen LogP contribution in [0.5, 0.6) is 0 Å². The van der Waals surface area contributed by atoms with Crippen LogP contribution in [-0.2, 0) is 16.8 Å². The van der Waals surface area contributed by atoms with Crippen molar-refractivity contribution in [2.24, 2.45) is 11.8 Å². The van der Waals surface area contributed by atoms with Crippen LogP contribution in [-0.4, -0.2) is 43.0 Å². The molecule has 2 aromatic carbocycles. The van der Waals surface area contributed by atoms with Crippen molar-refractivity contribution in [2.75, 3.05) is 26.2 Å². The van der Waals surface area contributed by atoms with Crippen LogP contribution >= 0.6 is 0 Å². The summed E-state index contributed by atoms with van der Waals surface area (Å²) in [4.78, 5) is 16.9. The lowest BCUT2D eigenvalue weighted by atomic mass is 9.67. The summed E-state index contributed by atoms with van der Waals surface area (Å²) in [7, 11) is 0. The van der Waals surface area contributed by atoms with Gasteiger partial charge in [-0.25, -0.2) is 0 Å². The Hall–Kier alpha value is -1.88. The number of piperidine rings is 1. The maximum absolute atomic E-state index is 14.5. The Morgan fingerprint density at radius 2 is 1.72 bits per heavy atom. The minimum atomic E-state index is -0.135. The van der Waals surface area contributed by atoms with E-state index < -0.39 is 0 Å². The van der Waals surface area contributed by atoms with Crippen LogP contribution in [0.2, 0.25) is 0 Å². The third kappa shape index (κ3) is 4.50. The van der Waals surface area contributed by atoms with Gasteiger partial charge in [0.2, 0.25) is 5.91 Å². The number of carbonyl (C=O) groups excluding carboxylic acids is 1. The van der Waals surface area contributed by atoms with E-state index in [1.807, 2.05) is 0 Å². The van der Waals surface area contributed by atoms with E-state index in [1.54, 1.807) is 0 Å². The number of benzene rings is 2. The van der Waals surface area contributed by atoms with Gasteiger partial charge in [0.25, 0.3) is 0 Å². The summed E-state index contributed by atoms with van der Waals surface area (Å²) < 4.78 is 0. The van der Waals surface area contributed by atoms with Crippen LogP contribution in [0.15, 0.2) is 48.5 Å². The van der Waals surface area contributed by atoms with Crippen molar-refractivity contribution in [1.82, 2.24) is 15.5 Å². The topological polar surface area (TPSA) is 44.4 Å². The molecule has 2 aromatic rings. The van der Waals surface area contributed by atoms with Crippen LogP contribution in [0.4, 0.5) is 0 Å². The number of halogens is 1. The Morgan fingerprint density at radius 1 is 0.944 bits per heavy atom. The number of nitrogens with zero attached hydrogens (tertiary/aromatic N) is 1. The zero-order chi connectivity index (χ0) is 23.8. The Balaban J connectivity index is 0.00000267. The highest BCUT2D eigenvalue weighted by molar-refractivity contribution is 5.82. The lowest BCUT2D eigenvalue weighted by Crippen LogP contribution is -3.00. The fourth-order valence-electron chi connectivity index (χ4n) is 7.92. The van der Waals surface area contributed by atoms with E-state index in [9.17, 15) is 4.79 Å². The average Bonchev–Trinajstić information content (AvgIpc) is 3.33. The molecule has 4 nitrogen and oxygen atoms in total. The van der Waals surface area contributed by atoms with Crippen molar-refractivity contribution >= 4 is 5.91 Å². The second-order valence-corrected chi connectivity index (χ2v) is 11.7. The van der Waals surface area contributed by atoms with Crippen LogP contribution in [0.1, 0.15) is 73.1 Å². The quantitative estimate of drug-likeness (QED) is 0.668. The first-order chi connectivity index (χ1) is 17.2. The summed E-state index contributed by atoms with van der Waals surface area (Å²) in [6, 6.07) is 18.1. The Kier molecular flexibility index (Phi) is 7.76. The smallest absolute Gasteiger partial charge is 0.228 e. The highest BCUT2D eigenvalue weighted by atomic mass is 35.5. The first kappa shape index (κ1) is 25.8. The molecule has 2 N–H and O–H groups in total. The Labute approximate surface area is 223 Å². The van der Waals surface area contributed by atoms with E-state index in [4.69, 9.17) is 0 Å². The van der Waals surface area contributed by atoms with E-state index in [0.717, 1.165) is 45.6 Å². The molecule has 194 valence electrons. The molecule has 0 aromatic heterocycles. The van der Waals surface area contributed by atoms with Gasteiger partial charge in [-0.05, 0) is 66.7 Å². The molecular formula is C31H41ClN3O-. The molecule has 3 fully saturated rings. The highest BCUT2D eigenvalue weighted by Crippen LogP contribution is 2.44. The molecule has 3 aliphatic heterocycles. The molecule has 36 heavy (non-hydrogen) atoms. The predicted octanol–water partition coefficient (Wildman–Crippen LogP) is 1.91. The largest absolute Gasteiger partial charge is 1.00 e. The maximum atomic E-state index is 14.5. The molecule has 1 saturated carbocycles. The average molecular weight is 507 g/mol. The van der Waals surface area contributed by atoms with Crippen molar-refractivity contribution in [3.05, 3.63) is 70.8 Å². The van der Waals surface area contributed by atoms with E-state index in [0.29, 0.717) is 23.8 Å². The summed E-state index contributed by atoms with van der Waals surface area (Å²) in [5, 5.41) is 7.35. The fraction of sp³-hybridized carbons (Fsp3) is 0.581. The van der Waals surface area contributed by atoms with Crippen molar-refractivity contribution in [3.8, 4) is 0 Å². The van der Waals surface area contributed by atoms with Crippen LogP contribution < -0.4 is 23.0 Å². The third-order valence-electron chi connectivity index (χ3n) is 9.84. The molecule has 1 amide bonds. The van der Waals surface area contributed by atoms with Crippen molar-refractivity contribution in [2.45, 2.75) is 75.8 Å². The summed E-state index contributed by atoms with van der Waals surface area (Å²) in [5.41, 5.74) is 5.49. The molecule has 4 atom stereocenters. The fourth-order valence-corrected chi connectivity index (χ4v) is 7.92. The zero-order valence-corrected chi connectivity index (χ0v) is 22.4. The van der Waals surface area contributed by atoms with Gasteiger partial charge < -0.3 is 27.9 Å². The number of aryl methyl sites for hydroxylation is 1. The summed E-state index contributed by atoms with van der Waals surface area (Å²) >= 11 is 0. The molecule has 5 heteroatoms. The molecule has 3 heterocycles. The van der Waals surface area contributed by atoms with E-state index in [1.165, 1.54) is 54.4 Å². The summed E-state index contributed by atoms with van der Waals surface area (Å²) in [6.07, 6.45) is 8.79. The molecule has 0 bridgehead atoms. The molecule has 1 aliphatic carbocycles. The summed E-state index contributed by atoms with van der Waals surface area (Å²) in [6.45, 7) is 6.61. The first-order valence-corrected chi connectivity index (χ1v) is 14.0. The number of hydrogen-bond donors (Lipinski definition) is 2. The molecule has 4 aliphatic rings. The van der Waals surface area contributed by atoms with Crippen LogP contribution in [0, 0.1) is 18.8 Å². The van der Waals surface area contributed by atoms with Gasteiger partial charge in [0.05, 0.1) is 5.92 Å². The lowest BCUT2D eigenvalue weighted by molar-refractivity contribution is -0.142. The van der Waals surface area contributed by atoms with Gasteiger partial charge >= 0.3 is 0 Å². The van der Waals surface area contributed by atoms with Crippen LogP contribution in [0.3, 0.4) is 0 Å². The highest BCUT2D eigenvalue weighted by Gasteiger charge is 2.52. The number of nitrogens with one attached hydrogen (secondary N) is 2. The molecule has 0 unspecified atom stereocenters. The Morgan fingerprint density at radius 3 is 2.53 bits per heavy atom. The summed E-state index contributed by atoms with van der Waals surface area (Å²) in [5.74, 6) is 1.65. The van der Waals surface area contributed by atoms with Gasteiger partial charge in [-0.1, -0.05) is 67.8 Å². The van der Waals surface area contributed by atoms with E-state index >= 15 is 0 Å². The number of likely N-dealkylation sites (tertiary alicyclic amines) is 1. The molecular weight excluding hydrogens is 466 g/mol. The lowest BCUT2D eigenvalue weighted by Gasteiger charge is -2.48. The van der Waals surface area contributed by atoms with Gasteiger partial charge in [0.1, 0.15) is 0 Å². The monoisotopic (exact) mass is 506 g/mol. The molecule has 1 spiro atoms.